The first-order valence-electron chi connectivity index (χ1n) is 4.66. The second kappa shape index (κ2) is 5.14. The molecule has 1 fully saturated rings. The minimum absolute atomic E-state index is 0.152. The van der Waals surface area contributed by atoms with E-state index >= 15 is 0 Å². The zero-order chi connectivity index (χ0) is 8.81. The van der Waals surface area contributed by atoms with E-state index in [-0.39, 0.29) is 5.91 Å². The van der Waals surface area contributed by atoms with Crippen LogP contribution in [-0.2, 0) is 4.79 Å². The van der Waals surface area contributed by atoms with Gasteiger partial charge in [-0.05, 0) is 12.3 Å². The van der Waals surface area contributed by atoms with Gasteiger partial charge in [0.2, 0.25) is 5.91 Å². The van der Waals surface area contributed by atoms with Gasteiger partial charge in [0.1, 0.15) is 0 Å². The minimum atomic E-state index is -0.152. The van der Waals surface area contributed by atoms with Gasteiger partial charge in [0, 0.05) is 0 Å². The Hall–Kier alpha value is -0.570. The summed E-state index contributed by atoms with van der Waals surface area (Å²) >= 11 is 0. The van der Waals surface area contributed by atoms with Gasteiger partial charge in [-0.2, -0.15) is 0 Å². The highest BCUT2D eigenvalue weighted by Crippen LogP contribution is 2.26. The zero-order valence-electron chi connectivity index (χ0n) is 7.38. The Balaban J connectivity index is 2.09. The molecule has 1 saturated carbocycles. The van der Waals surface area contributed by atoms with Crippen molar-refractivity contribution < 1.29 is 4.79 Å². The van der Waals surface area contributed by atoms with Crippen LogP contribution in [-0.4, -0.2) is 5.91 Å². The number of nitrogens with one attached hydrogen (secondary N) is 1. The van der Waals surface area contributed by atoms with Crippen LogP contribution in [0, 0.1) is 12.3 Å². The lowest BCUT2D eigenvalue weighted by molar-refractivity contribution is -0.118. The Bertz CT molecular complexity index is 141. The van der Waals surface area contributed by atoms with E-state index in [0.29, 0.717) is 0 Å². The van der Waals surface area contributed by atoms with Gasteiger partial charge < -0.3 is 0 Å². The van der Waals surface area contributed by atoms with E-state index < -0.39 is 0 Å². The molecular formula is C9H17N2O. The van der Waals surface area contributed by atoms with Crippen molar-refractivity contribution in [2.24, 2.45) is 11.8 Å². The summed E-state index contributed by atoms with van der Waals surface area (Å²) in [7, 11) is 0. The number of hydrazine groups is 1. The van der Waals surface area contributed by atoms with Crippen molar-refractivity contribution >= 4 is 5.91 Å². The molecule has 1 aliphatic rings. The summed E-state index contributed by atoms with van der Waals surface area (Å²) in [4.78, 5) is 10.8. The fraction of sp³-hybridized carbons (Fsp3) is 0.778. The predicted octanol–water partition coefficient (Wildman–Crippen LogP) is 1.15. The van der Waals surface area contributed by atoms with E-state index in [1.165, 1.54) is 32.1 Å². The van der Waals surface area contributed by atoms with E-state index in [4.69, 9.17) is 5.84 Å². The van der Waals surface area contributed by atoms with Gasteiger partial charge >= 0.3 is 0 Å². The Morgan fingerprint density at radius 2 is 2.08 bits per heavy atom. The van der Waals surface area contributed by atoms with Gasteiger partial charge in [-0.25, -0.2) is 5.84 Å². The molecule has 69 valence electrons. The number of amides is 1. The Labute approximate surface area is 73.7 Å². The number of hydrogen-bond donors (Lipinski definition) is 2. The molecule has 0 bridgehead atoms. The van der Waals surface area contributed by atoms with Crippen LogP contribution in [0.15, 0.2) is 0 Å². The summed E-state index contributed by atoms with van der Waals surface area (Å²) < 4.78 is 0. The van der Waals surface area contributed by atoms with Crippen LogP contribution in [0.5, 0.6) is 0 Å². The molecule has 1 rings (SSSR count). The van der Waals surface area contributed by atoms with Gasteiger partial charge in [0.05, 0.1) is 6.42 Å². The molecule has 0 aromatic rings. The highest BCUT2D eigenvalue weighted by atomic mass is 16.2. The summed E-state index contributed by atoms with van der Waals surface area (Å²) in [5.41, 5.74) is 2.11. The van der Waals surface area contributed by atoms with E-state index in [0.717, 1.165) is 12.3 Å². The van der Waals surface area contributed by atoms with E-state index in [9.17, 15) is 4.79 Å². The van der Waals surface area contributed by atoms with Crippen molar-refractivity contribution in [3.05, 3.63) is 6.42 Å². The molecular weight excluding hydrogens is 152 g/mol. The molecule has 0 atom stereocenters. The maximum atomic E-state index is 10.8. The lowest BCUT2D eigenvalue weighted by atomic mass is 9.86. The second-order valence-corrected chi connectivity index (χ2v) is 3.45. The summed E-state index contributed by atoms with van der Waals surface area (Å²) in [5.74, 6) is 5.52. The third-order valence-electron chi connectivity index (χ3n) is 2.50. The maximum Gasteiger partial charge on any atom is 0.237 e. The van der Waals surface area contributed by atoms with Crippen LogP contribution >= 0.6 is 0 Å². The number of rotatable bonds is 3. The molecule has 0 saturated heterocycles. The van der Waals surface area contributed by atoms with Crippen molar-refractivity contribution in [2.75, 3.05) is 0 Å². The number of nitrogens with two attached hydrogens (primary N) is 1. The molecule has 0 heterocycles. The molecule has 1 aliphatic carbocycles. The largest absolute Gasteiger partial charge is 0.294 e. The molecule has 3 nitrogen and oxygen atoms in total. The lowest BCUT2D eigenvalue weighted by Gasteiger charge is -2.20. The number of hydrogen-bond acceptors (Lipinski definition) is 2. The van der Waals surface area contributed by atoms with E-state index in [1.807, 2.05) is 0 Å². The summed E-state index contributed by atoms with van der Waals surface area (Å²) in [6.45, 7) is 0. The fourth-order valence-corrected chi connectivity index (χ4v) is 1.76. The van der Waals surface area contributed by atoms with Crippen LogP contribution in [0.2, 0.25) is 0 Å². The van der Waals surface area contributed by atoms with Crippen LogP contribution in [0.4, 0.5) is 0 Å². The molecule has 1 amide bonds. The molecule has 0 spiro atoms. The first-order chi connectivity index (χ1) is 5.83. The average molecular weight is 169 g/mol. The quantitative estimate of drug-likeness (QED) is 0.378. The molecule has 3 heteroatoms. The minimum Gasteiger partial charge on any atom is -0.294 e. The first kappa shape index (κ1) is 9.52. The molecule has 0 aromatic heterocycles. The molecule has 3 N–H and O–H groups in total. The molecule has 12 heavy (non-hydrogen) atoms. The fourth-order valence-electron chi connectivity index (χ4n) is 1.76. The second-order valence-electron chi connectivity index (χ2n) is 3.45. The molecule has 1 radical (unpaired) electrons. The van der Waals surface area contributed by atoms with Crippen molar-refractivity contribution in [2.45, 2.75) is 38.5 Å². The molecule has 0 aliphatic heterocycles. The Kier molecular flexibility index (Phi) is 4.08. The zero-order valence-corrected chi connectivity index (χ0v) is 7.38. The SMILES string of the molecule is NNC(=O)[CH]CC1CCCCC1. The van der Waals surface area contributed by atoms with Crippen LogP contribution in [0.3, 0.4) is 0 Å². The summed E-state index contributed by atoms with van der Waals surface area (Å²) in [6, 6.07) is 0. The van der Waals surface area contributed by atoms with Crippen molar-refractivity contribution in [1.29, 1.82) is 0 Å². The third-order valence-corrected chi connectivity index (χ3v) is 2.50. The van der Waals surface area contributed by atoms with Gasteiger partial charge in [0.25, 0.3) is 0 Å². The van der Waals surface area contributed by atoms with Gasteiger partial charge in [-0.1, -0.05) is 32.1 Å². The molecule has 0 unspecified atom stereocenters. The van der Waals surface area contributed by atoms with Crippen molar-refractivity contribution in [3.63, 3.8) is 0 Å². The lowest BCUT2D eigenvalue weighted by Crippen LogP contribution is -2.30. The number of carbonyl (C=O) groups excluding carboxylic acids is 1. The average Bonchev–Trinajstić information content (AvgIpc) is 2.16. The topological polar surface area (TPSA) is 55.1 Å². The van der Waals surface area contributed by atoms with E-state index in [2.05, 4.69) is 5.43 Å². The predicted molar refractivity (Wildman–Crippen MR) is 47.8 cm³/mol. The van der Waals surface area contributed by atoms with Gasteiger partial charge in [-0.3, -0.25) is 10.2 Å². The normalized spacial score (nSPS) is 19.1. The van der Waals surface area contributed by atoms with E-state index in [1.54, 1.807) is 6.42 Å². The first-order valence-corrected chi connectivity index (χ1v) is 4.66. The monoisotopic (exact) mass is 169 g/mol. The van der Waals surface area contributed by atoms with Crippen molar-refractivity contribution in [1.82, 2.24) is 5.43 Å². The van der Waals surface area contributed by atoms with Gasteiger partial charge in [-0.15, -0.1) is 0 Å². The van der Waals surface area contributed by atoms with Crippen LogP contribution in [0.25, 0.3) is 0 Å². The number of carbonyl (C=O) groups is 1. The summed E-state index contributed by atoms with van der Waals surface area (Å²) in [6.07, 6.45) is 9.10. The smallest absolute Gasteiger partial charge is 0.237 e. The highest BCUT2D eigenvalue weighted by molar-refractivity contribution is 5.83. The molecule has 0 aromatic carbocycles. The summed E-state index contributed by atoms with van der Waals surface area (Å²) in [5, 5.41) is 0. The van der Waals surface area contributed by atoms with Crippen molar-refractivity contribution in [3.8, 4) is 0 Å². The Morgan fingerprint density at radius 1 is 1.42 bits per heavy atom. The van der Waals surface area contributed by atoms with Crippen LogP contribution in [0.1, 0.15) is 38.5 Å². The Morgan fingerprint density at radius 3 is 2.67 bits per heavy atom. The highest BCUT2D eigenvalue weighted by Gasteiger charge is 2.14. The standard InChI is InChI=1S/C9H17N2O/c10-11-9(12)7-6-8-4-2-1-3-5-8/h7-8H,1-6,10H2,(H,11,12). The maximum absolute atomic E-state index is 10.8. The third kappa shape index (κ3) is 3.22. The van der Waals surface area contributed by atoms with Crippen LogP contribution < -0.4 is 11.3 Å². The van der Waals surface area contributed by atoms with Gasteiger partial charge in [0.15, 0.2) is 0 Å².